The minimum absolute atomic E-state index is 0.0824. The lowest BCUT2D eigenvalue weighted by Crippen LogP contribution is -2.01. The molecule has 0 aliphatic rings. The largest absolute Gasteiger partial charge is 0.493 e. The second-order valence-electron chi connectivity index (χ2n) is 6.69. The fraction of sp³-hybridized carbons (Fsp3) is 0.450. The molecule has 0 fully saturated rings. The number of aliphatic hydroxyl groups is 1. The molecule has 144 valence electrons. The molecule has 2 aromatic heterocycles. The maximum Gasteiger partial charge on any atom is 0.257 e. The molecule has 0 unspecified atom stereocenters. The Morgan fingerprint density at radius 3 is 2.37 bits per heavy atom. The summed E-state index contributed by atoms with van der Waals surface area (Å²) in [5, 5.41) is 16.6. The molecule has 0 amide bonds. The van der Waals surface area contributed by atoms with Crippen molar-refractivity contribution in [2.45, 2.75) is 53.1 Å². The normalized spacial score (nSPS) is 11.1. The van der Waals surface area contributed by atoms with Crippen LogP contribution in [0.25, 0.3) is 11.5 Å². The molecule has 1 N–H and O–H groups in total. The number of ether oxygens (including phenoxy) is 1. The summed E-state index contributed by atoms with van der Waals surface area (Å²) in [6.07, 6.45) is 3.82. The first-order chi connectivity index (χ1) is 13.1. The second kappa shape index (κ2) is 8.81. The first kappa shape index (κ1) is 19.1. The van der Waals surface area contributed by atoms with Crippen molar-refractivity contribution in [2.75, 3.05) is 6.61 Å². The van der Waals surface area contributed by atoms with Gasteiger partial charge in [0.05, 0.1) is 13.2 Å². The van der Waals surface area contributed by atoms with Crippen LogP contribution in [0.1, 0.15) is 47.7 Å². The van der Waals surface area contributed by atoms with Gasteiger partial charge in [-0.3, -0.25) is 0 Å². The van der Waals surface area contributed by atoms with Crippen LogP contribution in [0.2, 0.25) is 0 Å². The number of nitrogens with zero attached hydrogens (tertiary/aromatic N) is 3. The molecule has 3 rings (SSSR count). The molecule has 7 heteroatoms. The van der Waals surface area contributed by atoms with Crippen molar-refractivity contribution in [3.05, 3.63) is 46.6 Å². The lowest BCUT2D eigenvalue weighted by molar-refractivity contribution is 0.264. The molecule has 0 atom stereocenters. The summed E-state index contributed by atoms with van der Waals surface area (Å²) in [6.45, 7) is 6.44. The van der Waals surface area contributed by atoms with E-state index in [9.17, 15) is 0 Å². The molecule has 1 aromatic carbocycles. The lowest BCUT2D eigenvalue weighted by Gasteiger charge is -2.13. The van der Waals surface area contributed by atoms with Gasteiger partial charge in [0.2, 0.25) is 0 Å². The number of unbranched alkanes of at least 4 members (excludes halogenated alkanes) is 2. The van der Waals surface area contributed by atoms with Crippen molar-refractivity contribution < 1.29 is 18.9 Å². The number of rotatable bonds is 9. The number of aliphatic hydroxyl groups excluding tert-OH is 1. The van der Waals surface area contributed by atoms with Crippen molar-refractivity contribution in [1.29, 1.82) is 0 Å². The predicted molar refractivity (Wildman–Crippen MR) is 99.4 cm³/mol. The van der Waals surface area contributed by atoms with Crippen LogP contribution in [-0.4, -0.2) is 27.0 Å². The molecule has 0 aliphatic carbocycles. The zero-order valence-electron chi connectivity index (χ0n) is 16.0. The summed E-state index contributed by atoms with van der Waals surface area (Å²) in [7, 11) is 0. The van der Waals surface area contributed by atoms with Gasteiger partial charge in [0.15, 0.2) is 5.82 Å². The summed E-state index contributed by atoms with van der Waals surface area (Å²) in [4.78, 5) is 4.28. The van der Waals surface area contributed by atoms with Crippen LogP contribution < -0.4 is 4.74 Å². The maximum absolute atomic E-state index is 8.98. The number of hydrogen-bond acceptors (Lipinski definition) is 7. The SMILES string of the molecule is Cc1noc(-c2cc(C)c(OCCCCCc3cc(CO)no3)c(C)c2)n1. The minimum Gasteiger partial charge on any atom is -0.493 e. The van der Waals surface area contributed by atoms with Crippen molar-refractivity contribution in [1.82, 2.24) is 15.3 Å². The molecule has 0 saturated carbocycles. The van der Waals surface area contributed by atoms with Crippen LogP contribution in [0.3, 0.4) is 0 Å². The van der Waals surface area contributed by atoms with E-state index in [4.69, 9.17) is 18.9 Å². The van der Waals surface area contributed by atoms with E-state index in [1.54, 1.807) is 13.0 Å². The Morgan fingerprint density at radius 2 is 1.74 bits per heavy atom. The zero-order chi connectivity index (χ0) is 19.2. The number of benzene rings is 1. The Bertz CT molecular complexity index is 862. The highest BCUT2D eigenvalue weighted by atomic mass is 16.5. The van der Waals surface area contributed by atoms with Gasteiger partial charge in [-0.05, 0) is 63.3 Å². The van der Waals surface area contributed by atoms with Crippen molar-refractivity contribution in [2.24, 2.45) is 0 Å². The minimum atomic E-state index is -0.0824. The van der Waals surface area contributed by atoms with Crippen LogP contribution in [0.5, 0.6) is 5.75 Å². The third kappa shape index (κ3) is 4.95. The third-order valence-electron chi connectivity index (χ3n) is 4.32. The van der Waals surface area contributed by atoms with E-state index < -0.39 is 0 Å². The molecule has 27 heavy (non-hydrogen) atoms. The first-order valence-corrected chi connectivity index (χ1v) is 9.17. The Morgan fingerprint density at radius 1 is 0.963 bits per heavy atom. The number of aryl methyl sites for hydroxylation is 4. The molecule has 2 heterocycles. The standard InChI is InChI=1S/C20H25N3O4/c1-13-9-16(20-21-15(3)22-27-20)10-14(2)19(13)25-8-6-4-5-7-18-11-17(12-24)23-26-18/h9-11,24H,4-8,12H2,1-3H3. The summed E-state index contributed by atoms with van der Waals surface area (Å²) in [5.74, 6) is 2.89. The van der Waals surface area contributed by atoms with Crippen molar-refractivity contribution >= 4 is 0 Å². The number of hydrogen-bond donors (Lipinski definition) is 1. The molecule has 0 radical (unpaired) electrons. The molecular formula is C20H25N3O4. The van der Waals surface area contributed by atoms with Gasteiger partial charge in [0.1, 0.15) is 17.2 Å². The smallest absolute Gasteiger partial charge is 0.257 e. The highest BCUT2D eigenvalue weighted by Gasteiger charge is 2.12. The van der Waals surface area contributed by atoms with E-state index in [2.05, 4.69) is 15.3 Å². The molecule has 0 saturated heterocycles. The lowest BCUT2D eigenvalue weighted by atomic mass is 10.1. The second-order valence-corrected chi connectivity index (χ2v) is 6.69. The summed E-state index contributed by atoms with van der Waals surface area (Å²) in [5.41, 5.74) is 3.60. The quantitative estimate of drug-likeness (QED) is 0.569. The van der Waals surface area contributed by atoms with E-state index in [1.165, 1.54) is 0 Å². The summed E-state index contributed by atoms with van der Waals surface area (Å²) >= 11 is 0. The number of aromatic nitrogens is 3. The third-order valence-corrected chi connectivity index (χ3v) is 4.32. The average Bonchev–Trinajstić information content (AvgIpc) is 3.28. The zero-order valence-corrected chi connectivity index (χ0v) is 16.0. The average molecular weight is 371 g/mol. The summed E-state index contributed by atoms with van der Waals surface area (Å²) < 4.78 is 16.4. The van der Waals surface area contributed by atoms with Crippen LogP contribution >= 0.6 is 0 Å². The molecular weight excluding hydrogens is 346 g/mol. The van der Waals surface area contributed by atoms with E-state index >= 15 is 0 Å². The van der Waals surface area contributed by atoms with Gasteiger partial charge < -0.3 is 18.9 Å². The molecule has 0 spiro atoms. The molecule has 3 aromatic rings. The van der Waals surface area contributed by atoms with E-state index in [1.807, 2.05) is 26.0 Å². The van der Waals surface area contributed by atoms with Gasteiger partial charge in [-0.2, -0.15) is 4.98 Å². The van der Waals surface area contributed by atoms with E-state index in [0.29, 0.717) is 24.0 Å². The highest BCUT2D eigenvalue weighted by Crippen LogP contribution is 2.29. The molecule has 0 aliphatic heterocycles. The maximum atomic E-state index is 8.98. The van der Waals surface area contributed by atoms with Gasteiger partial charge in [-0.25, -0.2) is 0 Å². The van der Waals surface area contributed by atoms with Crippen molar-refractivity contribution in [3.8, 4) is 17.2 Å². The van der Waals surface area contributed by atoms with Gasteiger partial charge in [0, 0.05) is 18.1 Å². The van der Waals surface area contributed by atoms with Gasteiger partial charge in [-0.1, -0.05) is 10.3 Å². The van der Waals surface area contributed by atoms with Gasteiger partial charge >= 0.3 is 0 Å². The highest BCUT2D eigenvalue weighted by molar-refractivity contribution is 5.60. The summed E-state index contributed by atoms with van der Waals surface area (Å²) in [6, 6.07) is 5.82. The topological polar surface area (TPSA) is 94.4 Å². The Kier molecular flexibility index (Phi) is 6.24. The van der Waals surface area contributed by atoms with Crippen LogP contribution in [0, 0.1) is 20.8 Å². The van der Waals surface area contributed by atoms with Gasteiger partial charge in [0.25, 0.3) is 5.89 Å². The molecule has 7 nitrogen and oxygen atoms in total. The Hall–Kier alpha value is -2.67. The fourth-order valence-electron chi connectivity index (χ4n) is 3.02. The van der Waals surface area contributed by atoms with Crippen LogP contribution in [-0.2, 0) is 13.0 Å². The van der Waals surface area contributed by atoms with Gasteiger partial charge in [-0.15, -0.1) is 0 Å². The fourth-order valence-corrected chi connectivity index (χ4v) is 3.02. The Labute approximate surface area is 158 Å². The first-order valence-electron chi connectivity index (χ1n) is 9.17. The van der Waals surface area contributed by atoms with Crippen LogP contribution in [0.15, 0.2) is 27.2 Å². The monoisotopic (exact) mass is 371 g/mol. The van der Waals surface area contributed by atoms with Crippen LogP contribution in [0.4, 0.5) is 0 Å². The predicted octanol–water partition coefficient (Wildman–Crippen LogP) is 3.93. The van der Waals surface area contributed by atoms with E-state index in [-0.39, 0.29) is 6.61 Å². The van der Waals surface area contributed by atoms with Crippen molar-refractivity contribution in [3.63, 3.8) is 0 Å². The Balaban J connectivity index is 1.46. The van der Waals surface area contributed by atoms with E-state index in [0.717, 1.165) is 53.9 Å². The molecule has 0 bridgehead atoms.